The number of amides is 2. The van der Waals surface area contributed by atoms with E-state index in [1.54, 1.807) is 12.1 Å². The molecule has 2 N–H and O–H groups in total. The molecule has 2 amide bonds. The summed E-state index contributed by atoms with van der Waals surface area (Å²) in [5.74, 6) is -0.341. The van der Waals surface area contributed by atoms with Gasteiger partial charge in [-0.05, 0) is 69.0 Å². The summed E-state index contributed by atoms with van der Waals surface area (Å²) in [5, 5.41) is 5.77. The molecular formula is C23H32FN5O. The number of likely N-dealkylation sites (tertiary alicyclic amines) is 1. The molecule has 7 heteroatoms. The van der Waals surface area contributed by atoms with Gasteiger partial charge in [-0.3, -0.25) is 4.98 Å². The Kier molecular flexibility index (Phi) is 7.63. The second-order valence-corrected chi connectivity index (χ2v) is 8.19. The number of nitrogens with zero attached hydrogens (tertiary/aromatic N) is 3. The van der Waals surface area contributed by atoms with Crippen LogP contribution in [0.2, 0.25) is 0 Å². The summed E-state index contributed by atoms with van der Waals surface area (Å²) in [7, 11) is 1.85. The fourth-order valence-electron chi connectivity index (χ4n) is 3.64. The molecule has 1 saturated heterocycles. The molecule has 162 valence electrons. The molecule has 0 aliphatic carbocycles. The minimum absolute atomic E-state index is 0.137. The minimum Gasteiger partial charge on any atom is -0.370 e. The summed E-state index contributed by atoms with van der Waals surface area (Å²) in [5.41, 5.74) is 2.28. The first-order valence-corrected chi connectivity index (χ1v) is 10.6. The molecule has 1 aliphatic heterocycles. The first-order chi connectivity index (χ1) is 14.4. The van der Waals surface area contributed by atoms with Gasteiger partial charge < -0.3 is 20.4 Å². The highest BCUT2D eigenvalue weighted by Gasteiger charge is 2.21. The molecule has 2 heterocycles. The van der Waals surface area contributed by atoms with Crippen molar-refractivity contribution in [2.45, 2.75) is 45.2 Å². The number of hydrogen-bond donors (Lipinski definition) is 2. The van der Waals surface area contributed by atoms with Crippen molar-refractivity contribution in [3.63, 3.8) is 0 Å². The molecule has 1 aromatic heterocycles. The maximum absolute atomic E-state index is 14.4. The lowest BCUT2D eigenvalue weighted by atomic mass is 10.0. The van der Waals surface area contributed by atoms with E-state index in [9.17, 15) is 9.18 Å². The van der Waals surface area contributed by atoms with Gasteiger partial charge in [-0.1, -0.05) is 0 Å². The maximum Gasteiger partial charge on any atom is 0.319 e. The van der Waals surface area contributed by atoms with Crippen LogP contribution in [0, 0.1) is 5.82 Å². The molecule has 30 heavy (non-hydrogen) atoms. The van der Waals surface area contributed by atoms with Gasteiger partial charge in [-0.2, -0.15) is 0 Å². The highest BCUT2D eigenvalue weighted by molar-refractivity contribution is 5.89. The van der Waals surface area contributed by atoms with Crippen molar-refractivity contribution in [1.29, 1.82) is 0 Å². The normalized spacial score (nSPS) is 15.2. The van der Waals surface area contributed by atoms with Crippen LogP contribution in [0.4, 0.5) is 20.6 Å². The van der Waals surface area contributed by atoms with Crippen LogP contribution < -0.4 is 15.5 Å². The predicted octanol–water partition coefficient (Wildman–Crippen LogP) is 3.89. The first-order valence-electron chi connectivity index (χ1n) is 10.6. The number of halogens is 1. The van der Waals surface area contributed by atoms with Crippen LogP contribution in [0.15, 0.2) is 42.7 Å². The predicted molar refractivity (Wildman–Crippen MR) is 119 cm³/mol. The molecule has 0 unspecified atom stereocenters. The Morgan fingerprint density at radius 3 is 2.57 bits per heavy atom. The zero-order chi connectivity index (χ0) is 21.5. The number of carbonyl (C=O) groups excluding carboxylic acids is 1. The van der Waals surface area contributed by atoms with Gasteiger partial charge in [0.05, 0.1) is 5.69 Å². The van der Waals surface area contributed by atoms with Crippen LogP contribution in [0.3, 0.4) is 0 Å². The average Bonchev–Trinajstić information content (AvgIpc) is 2.73. The van der Waals surface area contributed by atoms with Gasteiger partial charge in [0.2, 0.25) is 0 Å². The van der Waals surface area contributed by atoms with E-state index in [4.69, 9.17) is 0 Å². The molecule has 1 aliphatic rings. The van der Waals surface area contributed by atoms with Gasteiger partial charge in [-0.25, -0.2) is 9.18 Å². The number of hydrogen-bond acceptors (Lipinski definition) is 4. The number of urea groups is 1. The molecule has 0 radical (unpaired) electrons. The lowest BCUT2D eigenvalue weighted by Gasteiger charge is -2.32. The molecule has 0 saturated carbocycles. The number of aromatic nitrogens is 1. The van der Waals surface area contributed by atoms with E-state index >= 15 is 0 Å². The second-order valence-electron chi connectivity index (χ2n) is 8.19. The van der Waals surface area contributed by atoms with Crippen LogP contribution in [-0.2, 0) is 6.42 Å². The van der Waals surface area contributed by atoms with Gasteiger partial charge >= 0.3 is 6.03 Å². The summed E-state index contributed by atoms with van der Waals surface area (Å²) >= 11 is 0. The first kappa shape index (κ1) is 22.0. The van der Waals surface area contributed by atoms with E-state index in [-0.39, 0.29) is 23.9 Å². The zero-order valence-electron chi connectivity index (χ0n) is 18.1. The van der Waals surface area contributed by atoms with Crippen molar-refractivity contribution in [3.05, 3.63) is 54.1 Å². The van der Waals surface area contributed by atoms with E-state index in [1.807, 2.05) is 38.2 Å². The highest BCUT2D eigenvalue weighted by Crippen LogP contribution is 2.23. The van der Waals surface area contributed by atoms with Crippen LogP contribution in [0.25, 0.3) is 0 Å². The van der Waals surface area contributed by atoms with Crippen LogP contribution in [0.1, 0.15) is 32.3 Å². The molecule has 0 atom stereocenters. The lowest BCUT2D eigenvalue weighted by molar-refractivity contribution is 0.197. The number of pyridine rings is 1. The maximum atomic E-state index is 14.4. The fourth-order valence-corrected chi connectivity index (χ4v) is 3.64. The molecule has 1 fully saturated rings. The van der Waals surface area contributed by atoms with Crippen molar-refractivity contribution >= 4 is 17.4 Å². The number of rotatable bonds is 7. The molecular weight excluding hydrogens is 381 g/mol. The number of nitrogens with one attached hydrogen (secondary N) is 2. The largest absolute Gasteiger partial charge is 0.370 e. The Morgan fingerprint density at radius 2 is 1.93 bits per heavy atom. The third-order valence-corrected chi connectivity index (χ3v) is 5.75. The monoisotopic (exact) mass is 413 g/mol. The molecule has 6 nitrogen and oxygen atoms in total. The molecule has 0 bridgehead atoms. The molecule has 0 spiro atoms. The SMILES string of the molecule is CC(C)N(C)c1ccc(NC(=O)NC2CCN(CCc3ccncc3)CC2)cc1F. The molecule has 2 aromatic rings. The Balaban J connectivity index is 1.42. The fraction of sp³-hybridized carbons (Fsp3) is 0.478. The van der Waals surface area contributed by atoms with Crippen molar-refractivity contribution in [3.8, 4) is 0 Å². The Bertz CT molecular complexity index is 822. The van der Waals surface area contributed by atoms with E-state index in [1.165, 1.54) is 11.6 Å². The second kappa shape index (κ2) is 10.4. The van der Waals surface area contributed by atoms with E-state index in [0.29, 0.717) is 11.4 Å². The standard InChI is InChI=1S/C23H32FN5O/c1-17(2)28(3)22-5-4-20(16-21(22)24)27-23(30)26-19-9-14-29(15-10-19)13-8-18-6-11-25-12-7-18/h4-7,11-12,16-17,19H,8-10,13-15H2,1-3H3,(H2,26,27,30). The van der Waals surface area contributed by atoms with Crippen molar-refractivity contribution in [2.75, 3.05) is 36.9 Å². The van der Waals surface area contributed by atoms with E-state index < -0.39 is 0 Å². The summed E-state index contributed by atoms with van der Waals surface area (Å²) in [6, 6.07) is 8.95. The number of benzene rings is 1. The van der Waals surface area contributed by atoms with Gasteiger partial charge in [0, 0.05) is 56.8 Å². The minimum atomic E-state index is -0.341. The summed E-state index contributed by atoms with van der Waals surface area (Å²) in [6.45, 7) is 6.94. The zero-order valence-corrected chi connectivity index (χ0v) is 18.1. The number of piperidine rings is 1. The topological polar surface area (TPSA) is 60.5 Å². The van der Waals surface area contributed by atoms with E-state index in [0.717, 1.165) is 38.9 Å². The van der Waals surface area contributed by atoms with Crippen molar-refractivity contribution in [2.24, 2.45) is 0 Å². The Hall–Kier alpha value is -2.67. The van der Waals surface area contributed by atoms with Crippen molar-refractivity contribution < 1.29 is 9.18 Å². The Labute approximate surface area is 178 Å². The highest BCUT2D eigenvalue weighted by atomic mass is 19.1. The number of anilines is 2. The van der Waals surface area contributed by atoms with Crippen molar-refractivity contribution in [1.82, 2.24) is 15.2 Å². The summed E-state index contributed by atoms with van der Waals surface area (Å²) < 4.78 is 14.4. The number of carbonyl (C=O) groups is 1. The van der Waals surface area contributed by atoms with E-state index in [2.05, 4.69) is 32.7 Å². The van der Waals surface area contributed by atoms with Gasteiger partial charge in [-0.15, -0.1) is 0 Å². The van der Waals surface area contributed by atoms with Crippen LogP contribution in [-0.4, -0.2) is 54.7 Å². The third kappa shape index (κ3) is 6.16. The average molecular weight is 414 g/mol. The molecule has 1 aromatic carbocycles. The quantitative estimate of drug-likeness (QED) is 0.723. The van der Waals surface area contributed by atoms with Gasteiger partial charge in [0.15, 0.2) is 0 Å². The van der Waals surface area contributed by atoms with Crippen LogP contribution >= 0.6 is 0 Å². The summed E-state index contributed by atoms with van der Waals surface area (Å²) in [4.78, 5) is 20.7. The van der Waals surface area contributed by atoms with Gasteiger partial charge in [0.1, 0.15) is 5.82 Å². The molecule has 3 rings (SSSR count). The lowest BCUT2D eigenvalue weighted by Crippen LogP contribution is -2.46. The third-order valence-electron chi connectivity index (χ3n) is 5.75. The smallest absolute Gasteiger partial charge is 0.319 e. The van der Waals surface area contributed by atoms with Crippen LogP contribution in [0.5, 0.6) is 0 Å². The summed E-state index contributed by atoms with van der Waals surface area (Å²) in [6.07, 6.45) is 6.49. The Morgan fingerprint density at radius 1 is 1.23 bits per heavy atom. The van der Waals surface area contributed by atoms with Gasteiger partial charge in [0.25, 0.3) is 0 Å².